The van der Waals surface area contributed by atoms with Crippen LogP contribution in [0.3, 0.4) is 0 Å². The van der Waals surface area contributed by atoms with E-state index in [1.165, 1.54) is 0 Å². The average Bonchev–Trinajstić information content (AvgIpc) is 2.66. The number of carbonyl (C=O) groups excluding carboxylic acids is 1. The molecule has 0 aromatic rings. The van der Waals surface area contributed by atoms with Gasteiger partial charge < -0.3 is 15.2 Å². The number of carbonyl (C=O) groups is 2. The Morgan fingerprint density at radius 1 is 1.10 bits per heavy atom. The van der Waals surface area contributed by atoms with Gasteiger partial charge in [-0.05, 0) is 31.6 Å². The third-order valence-corrected chi connectivity index (χ3v) is 4.56. The maximum Gasteiger partial charge on any atom is 0.329 e. The number of ether oxygens (including phenoxy) is 1. The Morgan fingerprint density at radius 3 is 2.25 bits per heavy atom. The van der Waals surface area contributed by atoms with E-state index in [-0.39, 0.29) is 5.91 Å². The van der Waals surface area contributed by atoms with Gasteiger partial charge in [-0.2, -0.15) is 0 Å². The Bertz CT molecular complexity index is 342. The molecule has 0 bridgehead atoms. The second-order valence-electron chi connectivity index (χ2n) is 6.11. The minimum Gasteiger partial charge on any atom is -0.480 e. The first-order valence-corrected chi connectivity index (χ1v) is 7.74. The predicted molar refractivity (Wildman–Crippen MR) is 74.4 cm³/mol. The maximum atomic E-state index is 12.2. The third kappa shape index (κ3) is 3.95. The van der Waals surface area contributed by atoms with Gasteiger partial charge in [0.1, 0.15) is 5.54 Å². The molecule has 1 saturated heterocycles. The van der Waals surface area contributed by atoms with E-state index in [2.05, 4.69) is 5.32 Å². The van der Waals surface area contributed by atoms with E-state index in [1.54, 1.807) is 0 Å². The van der Waals surface area contributed by atoms with Crippen LogP contribution in [-0.4, -0.2) is 35.7 Å². The van der Waals surface area contributed by atoms with Crippen molar-refractivity contribution in [3.8, 4) is 0 Å². The Morgan fingerprint density at radius 2 is 1.70 bits per heavy atom. The topological polar surface area (TPSA) is 75.6 Å². The number of aliphatic carboxylic acids is 1. The molecule has 1 amide bonds. The SMILES string of the molecule is O=C(CC1CCOCC1)NC1(C(=O)O)CCCCCC1. The Kier molecular flexibility index (Phi) is 5.40. The van der Waals surface area contributed by atoms with Crippen molar-refractivity contribution < 1.29 is 19.4 Å². The lowest BCUT2D eigenvalue weighted by Gasteiger charge is -2.30. The van der Waals surface area contributed by atoms with Crippen LogP contribution >= 0.6 is 0 Å². The maximum absolute atomic E-state index is 12.2. The molecular weight excluding hydrogens is 258 g/mol. The zero-order chi connectivity index (χ0) is 14.4. The Labute approximate surface area is 120 Å². The molecule has 1 saturated carbocycles. The molecule has 5 heteroatoms. The van der Waals surface area contributed by atoms with Gasteiger partial charge in [-0.15, -0.1) is 0 Å². The van der Waals surface area contributed by atoms with Gasteiger partial charge in [0.05, 0.1) is 0 Å². The first-order chi connectivity index (χ1) is 9.62. The molecule has 0 aromatic carbocycles. The smallest absolute Gasteiger partial charge is 0.329 e. The van der Waals surface area contributed by atoms with Crippen LogP contribution < -0.4 is 5.32 Å². The van der Waals surface area contributed by atoms with Gasteiger partial charge in [-0.1, -0.05) is 25.7 Å². The van der Waals surface area contributed by atoms with Crippen molar-refractivity contribution in [2.45, 2.75) is 63.3 Å². The Balaban J connectivity index is 1.92. The first-order valence-electron chi connectivity index (χ1n) is 7.74. The fourth-order valence-electron chi connectivity index (χ4n) is 3.26. The normalized spacial score (nSPS) is 23.8. The van der Waals surface area contributed by atoms with Gasteiger partial charge in [-0.25, -0.2) is 4.79 Å². The van der Waals surface area contributed by atoms with E-state index in [4.69, 9.17) is 4.74 Å². The average molecular weight is 283 g/mol. The number of hydrogen-bond acceptors (Lipinski definition) is 3. The van der Waals surface area contributed by atoms with Crippen LogP contribution in [0.15, 0.2) is 0 Å². The van der Waals surface area contributed by atoms with Crippen LogP contribution in [0.5, 0.6) is 0 Å². The summed E-state index contributed by atoms with van der Waals surface area (Å²) in [5.74, 6) is -0.652. The quantitative estimate of drug-likeness (QED) is 0.775. The van der Waals surface area contributed by atoms with Crippen LogP contribution in [0.1, 0.15) is 57.8 Å². The van der Waals surface area contributed by atoms with Gasteiger partial charge in [0.25, 0.3) is 0 Å². The minimum atomic E-state index is -1.03. The van der Waals surface area contributed by atoms with E-state index in [0.717, 1.165) is 38.5 Å². The molecule has 0 atom stereocenters. The van der Waals surface area contributed by atoms with E-state index < -0.39 is 11.5 Å². The van der Waals surface area contributed by atoms with Crippen molar-refractivity contribution in [3.63, 3.8) is 0 Å². The number of carboxylic acids is 1. The van der Waals surface area contributed by atoms with Crippen LogP contribution in [0.25, 0.3) is 0 Å². The molecule has 2 rings (SSSR count). The summed E-state index contributed by atoms with van der Waals surface area (Å²) in [6.07, 6.45) is 7.21. The highest BCUT2D eigenvalue weighted by Crippen LogP contribution is 2.28. The fraction of sp³-hybridized carbons (Fsp3) is 0.867. The largest absolute Gasteiger partial charge is 0.480 e. The number of amides is 1. The van der Waals surface area contributed by atoms with Crippen LogP contribution in [-0.2, 0) is 14.3 Å². The molecule has 1 aliphatic heterocycles. The molecule has 5 nitrogen and oxygen atoms in total. The van der Waals surface area contributed by atoms with Gasteiger partial charge in [0.2, 0.25) is 5.91 Å². The highest BCUT2D eigenvalue weighted by atomic mass is 16.5. The van der Waals surface area contributed by atoms with Crippen LogP contribution in [0, 0.1) is 5.92 Å². The standard InChI is InChI=1S/C15H25NO4/c17-13(11-12-5-9-20-10-6-12)16-15(14(18)19)7-3-1-2-4-8-15/h12H,1-11H2,(H,16,17)(H,18,19). The van der Waals surface area contributed by atoms with Gasteiger partial charge in [0.15, 0.2) is 0 Å². The molecule has 2 N–H and O–H groups in total. The van der Waals surface area contributed by atoms with Gasteiger partial charge >= 0.3 is 5.97 Å². The minimum absolute atomic E-state index is 0.110. The monoisotopic (exact) mass is 283 g/mol. The highest BCUT2D eigenvalue weighted by Gasteiger charge is 2.40. The summed E-state index contributed by atoms with van der Waals surface area (Å²) in [5, 5.41) is 12.4. The Hall–Kier alpha value is -1.10. The van der Waals surface area contributed by atoms with E-state index in [1.807, 2.05) is 0 Å². The third-order valence-electron chi connectivity index (χ3n) is 4.56. The summed E-state index contributed by atoms with van der Waals surface area (Å²) in [6, 6.07) is 0. The first kappa shape index (κ1) is 15.3. The van der Waals surface area contributed by atoms with E-state index in [9.17, 15) is 14.7 Å². The summed E-state index contributed by atoms with van der Waals surface area (Å²) in [6.45, 7) is 1.42. The molecule has 2 aliphatic rings. The predicted octanol–water partition coefficient (Wildman–Crippen LogP) is 2.10. The van der Waals surface area contributed by atoms with Crippen molar-refractivity contribution in [1.82, 2.24) is 5.32 Å². The molecule has 0 aromatic heterocycles. The highest BCUT2D eigenvalue weighted by molar-refractivity contribution is 5.87. The van der Waals surface area contributed by atoms with Crippen molar-refractivity contribution in [2.75, 3.05) is 13.2 Å². The van der Waals surface area contributed by atoms with E-state index in [0.29, 0.717) is 38.4 Å². The molecule has 114 valence electrons. The second kappa shape index (κ2) is 7.07. The molecule has 1 aliphatic carbocycles. The lowest BCUT2D eigenvalue weighted by molar-refractivity contribution is -0.148. The van der Waals surface area contributed by atoms with Crippen LogP contribution in [0.4, 0.5) is 0 Å². The van der Waals surface area contributed by atoms with Gasteiger partial charge in [0, 0.05) is 19.6 Å². The molecule has 0 spiro atoms. The van der Waals surface area contributed by atoms with E-state index >= 15 is 0 Å². The molecule has 1 heterocycles. The summed E-state index contributed by atoms with van der Waals surface area (Å²) in [5.41, 5.74) is -1.03. The molecule has 0 radical (unpaired) electrons. The zero-order valence-corrected chi connectivity index (χ0v) is 12.0. The number of carboxylic acid groups (broad SMARTS) is 1. The summed E-state index contributed by atoms with van der Waals surface area (Å²) in [4.78, 5) is 23.8. The number of rotatable bonds is 4. The number of nitrogens with one attached hydrogen (secondary N) is 1. The van der Waals surface area contributed by atoms with Crippen molar-refractivity contribution >= 4 is 11.9 Å². The second-order valence-corrected chi connectivity index (χ2v) is 6.11. The fourth-order valence-corrected chi connectivity index (χ4v) is 3.26. The summed E-state index contributed by atoms with van der Waals surface area (Å²) in [7, 11) is 0. The zero-order valence-electron chi connectivity index (χ0n) is 12.0. The van der Waals surface area contributed by atoms with Crippen molar-refractivity contribution in [3.05, 3.63) is 0 Å². The molecule has 0 unspecified atom stereocenters. The molecular formula is C15H25NO4. The lowest BCUT2D eigenvalue weighted by atomic mass is 9.89. The summed E-state index contributed by atoms with van der Waals surface area (Å²) < 4.78 is 5.28. The lowest BCUT2D eigenvalue weighted by Crippen LogP contribution is -2.54. The van der Waals surface area contributed by atoms with Gasteiger partial charge in [-0.3, -0.25) is 4.79 Å². The summed E-state index contributed by atoms with van der Waals surface area (Å²) >= 11 is 0. The van der Waals surface area contributed by atoms with Crippen LogP contribution in [0.2, 0.25) is 0 Å². The number of hydrogen-bond donors (Lipinski definition) is 2. The van der Waals surface area contributed by atoms with Crippen molar-refractivity contribution in [2.24, 2.45) is 5.92 Å². The van der Waals surface area contributed by atoms with Crippen molar-refractivity contribution in [1.29, 1.82) is 0 Å². The molecule has 2 fully saturated rings. The molecule has 20 heavy (non-hydrogen) atoms.